The maximum Gasteiger partial charge on any atom is 0.337 e. The van der Waals surface area contributed by atoms with E-state index in [0.29, 0.717) is 28.0 Å². The van der Waals surface area contributed by atoms with Gasteiger partial charge >= 0.3 is 5.97 Å². The average Bonchev–Trinajstić information content (AvgIpc) is 2.81. The minimum Gasteiger partial charge on any atom is -0.488 e. The summed E-state index contributed by atoms with van der Waals surface area (Å²) in [7, 11) is 1.33. The molecule has 0 saturated heterocycles. The van der Waals surface area contributed by atoms with Crippen LogP contribution in [0.3, 0.4) is 0 Å². The van der Waals surface area contributed by atoms with Gasteiger partial charge in [0.05, 0.1) is 29.2 Å². The first-order valence-electron chi connectivity index (χ1n) is 9.27. The highest BCUT2D eigenvalue weighted by Gasteiger charge is 2.09. The number of hydrogen-bond acceptors (Lipinski definition) is 6. The molecule has 3 aromatic carbocycles. The standard InChI is InChI=1S/C24H18N2O5/c1-30-24(27)19-8-6-17(7-9-19)16-31-23-5-3-2-4-20(23)14-21(15-25)18-10-12-22(13-11-18)26(28)29/h2-14H,16H2,1H3. The number of nitro benzene ring substituents is 1. The lowest BCUT2D eigenvalue weighted by atomic mass is 10.0. The third kappa shape index (κ3) is 5.34. The molecule has 0 heterocycles. The Morgan fingerprint density at radius 2 is 1.68 bits per heavy atom. The molecule has 0 unspecified atom stereocenters. The predicted molar refractivity (Wildman–Crippen MR) is 115 cm³/mol. The van der Waals surface area contributed by atoms with Gasteiger partial charge in [-0.1, -0.05) is 30.3 Å². The second-order valence-electron chi connectivity index (χ2n) is 6.49. The van der Waals surface area contributed by atoms with Crippen molar-refractivity contribution in [2.45, 2.75) is 6.61 Å². The van der Waals surface area contributed by atoms with Gasteiger partial charge in [-0.15, -0.1) is 0 Å². The summed E-state index contributed by atoms with van der Waals surface area (Å²) < 4.78 is 10.6. The highest BCUT2D eigenvalue weighted by molar-refractivity contribution is 5.91. The highest BCUT2D eigenvalue weighted by Crippen LogP contribution is 2.26. The van der Waals surface area contributed by atoms with Crippen LogP contribution >= 0.6 is 0 Å². The number of para-hydroxylation sites is 1. The van der Waals surface area contributed by atoms with Gasteiger partial charge < -0.3 is 9.47 Å². The van der Waals surface area contributed by atoms with Crippen molar-refractivity contribution in [1.82, 2.24) is 0 Å². The summed E-state index contributed by atoms with van der Waals surface area (Å²) in [5.74, 6) is 0.174. The molecule has 0 amide bonds. The number of ether oxygens (including phenoxy) is 2. The number of nitrogens with zero attached hydrogens (tertiary/aromatic N) is 2. The Bertz CT molecular complexity index is 1160. The minimum atomic E-state index is -0.486. The van der Waals surface area contributed by atoms with Crippen molar-refractivity contribution in [2.75, 3.05) is 7.11 Å². The number of carbonyl (C=O) groups is 1. The Morgan fingerprint density at radius 1 is 1.03 bits per heavy atom. The molecule has 0 aromatic heterocycles. The summed E-state index contributed by atoms with van der Waals surface area (Å²) in [6, 6.07) is 22.1. The van der Waals surface area contributed by atoms with E-state index in [-0.39, 0.29) is 12.3 Å². The fourth-order valence-corrected chi connectivity index (χ4v) is 2.85. The normalized spacial score (nSPS) is 10.8. The van der Waals surface area contributed by atoms with Gasteiger partial charge in [0.15, 0.2) is 0 Å². The summed E-state index contributed by atoms with van der Waals surface area (Å²) in [5.41, 5.74) is 2.90. The first-order valence-corrected chi connectivity index (χ1v) is 9.27. The highest BCUT2D eigenvalue weighted by atomic mass is 16.6. The fraction of sp³-hybridized carbons (Fsp3) is 0.0833. The van der Waals surface area contributed by atoms with Crippen molar-refractivity contribution < 1.29 is 19.2 Å². The van der Waals surface area contributed by atoms with E-state index in [1.807, 2.05) is 18.2 Å². The van der Waals surface area contributed by atoms with Crippen LogP contribution in [0.2, 0.25) is 0 Å². The summed E-state index contributed by atoms with van der Waals surface area (Å²) >= 11 is 0. The number of nitriles is 1. The van der Waals surface area contributed by atoms with E-state index in [0.717, 1.165) is 5.56 Å². The molecule has 0 spiro atoms. The molecule has 0 radical (unpaired) electrons. The van der Waals surface area contributed by atoms with Gasteiger partial charge in [-0.05, 0) is 47.5 Å². The van der Waals surface area contributed by atoms with E-state index in [9.17, 15) is 20.2 Å². The van der Waals surface area contributed by atoms with Crippen molar-refractivity contribution in [3.05, 3.63) is 105 Å². The Kier molecular flexibility index (Phi) is 6.76. The Labute approximate surface area is 178 Å². The number of non-ortho nitro benzene ring substituents is 1. The maximum absolute atomic E-state index is 11.5. The summed E-state index contributed by atoms with van der Waals surface area (Å²) in [4.78, 5) is 21.9. The fourth-order valence-electron chi connectivity index (χ4n) is 2.85. The number of rotatable bonds is 7. The molecule has 3 rings (SSSR count). The molecule has 0 aliphatic heterocycles. The molecule has 0 aliphatic rings. The van der Waals surface area contributed by atoms with Crippen LogP contribution in [0, 0.1) is 21.4 Å². The van der Waals surface area contributed by atoms with E-state index in [2.05, 4.69) is 10.8 Å². The smallest absolute Gasteiger partial charge is 0.337 e. The molecule has 0 N–H and O–H groups in total. The van der Waals surface area contributed by atoms with Gasteiger partial charge in [0.25, 0.3) is 5.69 Å². The van der Waals surface area contributed by atoms with Crippen molar-refractivity contribution in [2.24, 2.45) is 0 Å². The van der Waals surface area contributed by atoms with Crippen LogP contribution in [-0.2, 0) is 11.3 Å². The van der Waals surface area contributed by atoms with Crippen LogP contribution in [0.15, 0.2) is 72.8 Å². The molecule has 7 nitrogen and oxygen atoms in total. The molecule has 0 atom stereocenters. The zero-order valence-electron chi connectivity index (χ0n) is 16.6. The first kappa shape index (κ1) is 21.3. The molecule has 154 valence electrons. The lowest BCUT2D eigenvalue weighted by molar-refractivity contribution is -0.384. The Morgan fingerprint density at radius 3 is 2.29 bits per heavy atom. The SMILES string of the molecule is COC(=O)c1ccc(COc2ccccc2C=C(C#N)c2ccc([N+](=O)[O-])cc2)cc1. The lowest BCUT2D eigenvalue weighted by Gasteiger charge is -2.10. The van der Waals surface area contributed by atoms with E-state index in [4.69, 9.17) is 4.74 Å². The Balaban J connectivity index is 1.79. The van der Waals surface area contributed by atoms with Crippen molar-refractivity contribution >= 4 is 23.3 Å². The maximum atomic E-state index is 11.5. The van der Waals surface area contributed by atoms with E-state index < -0.39 is 10.9 Å². The topological polar surface area (TPSA) is 102 Å². The number of benzene rings is 3. The monoisotopic (exact) mass is 414 g/mol. The summed E-state index contributed by atoms with van der Waals surface area (Å²) in [6.07, 6.45) is 1.68. The zero-order valence-corrected chi connectivity index (χ0v) is 16.6. The molecular weight excluding hydrogens is 396 g/mol. The van der Waals surface area contributed by atoms with Crippen LogP contribution in [0.5, 0.6) is 5.75 Å². The number of carbonyl (C=O) groups excluding carboxylic acids is 1. The number of allylic oxidation sites excluding steroid dienone is 1. The molecule has 31 heavy (non-hydrogen) atoms. The molecule has 0 aliphatic carbocycles. The third-order valence-corrected chi connectivity index (χ3v) is 4.50. The van der Waals surface area contributed by atoms with E-state index in [1.54, 1.807) is 48.5 Å². The molecular formula is C24H18N2O5. The first-order chi connectivity index (χ1) is 15.0. The third-order valence-electron chi connectivity index (χ3n) is 4.50. The van der Waals surface area contributed by atoms with Crippen LogP contribution in [-0.4, -0.2) is 18.0 Å². The molecule has 7 heteroatoms. The second kappa shape index (κ2) is 9.85. The van der Waals surface area contributed by atoms with Crippen molar-refractivity contribution in [1.29, 1.82) is 5.26 Å². The second-order valence-corrected chi connectivity index (χ2v) is 6.49. The van der Waals surface area contributed by atoms with Gasteiger partial charge in [-0.2, -0.15) is 5.26 Å². The largest absolute Gasteiger partial charge is 0.488 e. The number of hydrogen-bond donors (Lipinski definition) is 0. The van der Waals surface area contributed by atoms with E-state index >= 15 is 0 Å². The lowest BCUT2D eigenvalue weighted by Crippen LogP contribution is -2.02. The Hall–Kier alpha value is -4.44. The van der Waals surface area contributed by atoms with Crippen LogP contribution in [0.25, 0.3) is 11.6 Å². The molecule has 0 fully saturated rings. The number of methoxy groups -OCH3 is 1. The number of esters is 1. The van der Waals surface area contributed by atoms with Crippen molar-refractivity contribution in [3.8, 4) is 11.8 Å². The van der Waals surface area contributed by atoms with Crippen LogP contribution < -0.4 is 4.74 Å². The van der Waals surface area contributed by atoms with Gasteiger partial charge in [0.1, 0.15) is 12.4 Å². The minimum absolute atomic E-state index is 0.0389. The predicted octanol–water partition coefficient (Wildman–Crippen LogP) is 5.02. The average molecular weight is 414 g/mol. The zero-order chi connectivity index (χ0) is 22.2. The summed E-state index contributed by atoms with van der Waals surface area (Å²) in [6.45, 7) is 0.270. The van der Waals surface area contributed by atoms with Gasteiger partial charge in [-0.25, -0.2) is 4.79 Å². The molecule has 0 bridgehead atoms. The molecule has 0 saturated carbocycles. The van der Waals surface area contributed by atoms with Gasteiger partial charge in [0, 0.05) is 17.7 Å². The molecule has 3 aromatic rings. The number of nitro groups is 1. The van der Waals surface area contributed by atoms with Gasteiger partial charge in [0.2, 0.25) is 0 Å². The summed E-state index contributed by atoms with van der Waals surface area (Å²) in [5, 5.41) is 20.4. The van der Waals surface area contributed by atoms with E-state index in [1.165, 1.54) is 19.2 Å². The van der Waals surface area contributed by atoms with Crippen LogP contribution in [0.4, 0.5) is 5.69 Å². The quantitative estimate of drug-likeness (QED) is 0.177. The van der Waals surface area contributed by atoms with Gasteiger partial charge in [-0.3, -0.25) is 10.1 Å². The van der Waals surface area contributed by atoms with Crippen LogP contribution in [0.1, 0.15) is 27.0 Å². The van der Waals surface area contributed by atoms with Crippen molar-refractivity contribution in [3.63, 3.8) is 0 Å².